The zero-order valence-corrected chi connectivity index (χ0v) is 13.2. The normalized spacial score (nSPS) is 10.6. The molecule has 0 aliphatic rings. The van der Waals surface area contributed by atoms with E-state index in [4.69, 9.17) is 14.2 Å². The predicted molar refractivity (Wildman–Crippen MR) is 88.8 cm³/mol. The highest BCUT2D eigenvalue weighted by atomic mass is 16.5. The monoisotopic (exact) mass is 311 g/mol. The molecule has 0 amide bonds. The van der Waals surface area contributed by atoms with Gasteiger partial charge in [0.15, 0.2) is 17.8 Å². The van der Waals surface area contributed by atoms with Crippen LogP contribution in [0.3, 0.4) is 0 Å². The summed E-state index contributed by atoms with van der Waals surface area (Å²) in [6.07, 6.45) is 0.852. The Morgan fingerprint density at radius 3 is 2.13 bits per heavy atom. The van der Waals surface area contributed by atoms with Gasteiger partial charge in [0.25, 0.3) is 0 Å². The van der Waals surface area contributed by atoms with Crippen LogP contribution in [0.1, 0.15) is 10.4 Å². The molecular weight excluding hydrogens is 294 g/mol. The Bertz CT molecular complexity index is 850. The highest BCUT2D eigenvalue weighted by Crippen LogP contribution is 2.37. The molecule has 2 aromatic carbocycles. The fourth-order valence-electron chi connectivity index (χ4n) is 2.65. The van der Waals surface area contributed by atoms with Crippen LogP contribution in [0.15, 0.2) is 36.4 Å². The summed E-state index contributed by atoms with van der Waals surface area (Å²) < 4.78 is 15.8. The first-order chi connectivity index (χ1) is 11.2. The molecule has 1 N–H and O–H groups in total. The Kier molecular flexibility index (Phi) is 3.93. The number of carbonyl (C=O) groups excluding carboxylic acids is 1. The number of nitrogens with one attached hydrogen (secondary N) is 1. The summed E-state index contributed by atoms with van der Waals surface area (Å²) in [5, 5.41) is 0.795. The minimum Gasteiger partial charge on any atom is -0.497 e. The summed E-state index contributed by atoms with van der Waals surface area (Å²) in [4.78, 5) is 14.9. The minimum atomic E-state index is 0.586. The fourth-order valence-corrected chi connectivity index (χ4v) is 2.65. The van der Waals surface area contributed by atoms with Gasteiger partial charge < -0.3 is 19.2 Å². The first kappa shape index (κ1) is 15.0. The van der Waals surface area contributed by atoms with Crippen LogP contribution in [0.4, 0.5) is 0 Å². The number of carbonyl (C=O) groups is 1. The molecule has 0 aliphatic carbocycles. The van der Waals surface area contributed by atoms with Gasteiger partial charge in [-0.25, -0.2) is 0 Å². The van der Waals surface area contributed by atoms with Crippen molar-refractivity contribution in [3.8, 4) is 28.5 Å². The highest BCUT2D eigenvalue weighted by Gasteiger charge is 2.16. The molecule has 3 rings (SSSR count). The van der Waals surface area contributed by atoms with Crippen molar-refractivity contribution in [2.45, 2.75) is 0 Å². The van der Waals surface area contributed by atoms with Crippen LogP contribution >= 0.6 is 0 Å². The molecule has 0 bridgehead atoms. The van der Waals surface area contributed by atoms with E-state index in [1.54, 1.807) is 27.4 Å². The number of H-pyrrole nitrogens is 1. The molecule has 0 spiro atoms. The molecular formula is C18H17NO4. The summed E-state index contributed by atoms with van der Waals surface area (Å²) in [6, 6.07) is 11.2. The van der Waals surface area contributed by atoms with Crippen LogP contribution in [0, 0.1) is 0 Å². The highest BCUT2D eigenvalue weighted by molar-refractivity contribution is 6.05. The van der Waals surface area contributed by atoms with Crippen molar-refractivity contribution in [2.75, 3.05) is 21.3 Å². The SMILES string of the molecule is COc1ccc(-c2[nH]c3cc(OC)c(OC)cc3c2C=O)cc1. The van der Waals surface area contributed by atoms with E-state index in [2.05, 4.69) is 4.98 Å². The Morgan fingerprint density at radius 2 is 1.57 bits per heavy atom. The van der Waals surface area contributed by atoms with E-state index in [1.165, 1.54) is 0 Å². The largest absolute Gasteiger partial charge is 0.497 e. The molecule has 0 fully saturated rings. The van der Waals surface area contributed by atoms with Gasteiger partial charge in [-0.15, -0.1) is 0 Å². The van der Waals surface area contributed by atoms with Crippen molar-refractivity contribution in [2.24, 2.45) is 0 Å². The maximum atomic E-state index is 11.6. The van der Waals surface area contributed by atoms with Gasteiger partial charge in [-0.1, -0.05) is 0 Å². The molecule has 118 valence electrons. The molecule has 1 heterocycles. The van der Waals surface area contributed by atoms with Crippen molar-refractivity contribution < 1.29 is 19.0 Å². The molecule has 23 heavy (non-hydrogen) atoms. The van der Waals surface area contributed by atoms with Crippen molar-refractivity contribution in [1.29, 1.82) is 0 Å². The van der Waals surface area contributed by atoms with E-state index >= 15 is 0 Å². The number of hydrogen-bond acceptors (Lipinski definition) is 4. The van der Waals surface area contributed by atoms with Crippen LogP contribution in [0.25, 0.3) is 22.2 Å². The van der Waals surface area contributed by atoms with E-state index in [-0.39, 0.29) is 0 Å². The van der Waals surface area contributed by atoms with Gasteiger partial charge in [0.05, 0.1) is 32.5 Å². The number of aldehydes is 1. The van der Waals surface area contributed by atoms with E-state index in [0.29, 0.717) is 17.1 Å². The molecule has 0 atom stereocenters. The van der Waals surface area contributed by atoms with Crippen molar-refractivity contribution >= 4 is 17.2 Å². The number of ether oxygens (including phenoxy) is 3. The maximum Gasteiger partial charge on any atom is 0.162 e. The maximum absolute atomic E-state index is 11.6. The lowest BCUT2D eigenvalue weighted by molar-refractivity contribution is 0.112. The standard InChI is InChI=1S/C18H17NO4/c1-21-12-6-4-11(5-7-12)18-14(10-20)13-8-16(22-2)17(23-3)9-15(13)19-18/h4-10,19H,1-3H3. The number of aromatic amines is 1. The van der Waals surface area contributed by atoms with Gasteiger partial charge in [0, 0.05) is 17.0 Å². The van der Waals surface area contributed by atoms with Crippen molar-refractivity contribution in [3.05, 3.63) is 42.0 Å². The molecule has 3 aromatic rings. The van der Waals surface area contributed by atoms with Gasteiger partial charge in [-0.2, -0.15) is 0 Å². The quantitative estimate of drug-likeness (QED) is 0.730. The summed E-state index contributed by atoms with van der Waals surface area (Å²) in [5.41, 5.74) is 3.07. The average Bonchev–Trinajstić information content (AvgIpc) is 2.97. The third-order valence-electron chi connectivity index (χ3n) is 3.84. The van der Waals surface area contributed by atoms with E-state index in [0.717, 1.165) is 34.2 Å². The van der Waals surface area contributed by atoms with Gasteiger partial charge >= 0.3 is 0 Å². The summed E-state index contributed by atoms with van der Waals surface area (Å²) in [7, 11) is 4.77. The number of aromatic nitrogens is 1. The summed E-state index contributed by atoms with van der Waals surface area (Å²) >= 11 is 0. The van der Waals surface area contributed by atoms with E-state index < -0.39 is 0 Å². The average molecular weight is 311 g/mol. The van der Waals surface area contributed by atoms with Crippen LogP contribution in [0.2, 0.25) is 0 Å². The van der Waals surface area contributed by atoms with Crippen LogP contribution in [0.5, 0.6) is 17.2 Å². The third-order valence-corrected chi connectivity index (χ3v) is 3.84. The summed E-state index contributed by atoms with van der Waals surface area (Å²) in [5.74, 6) is 1.96. The van der Waals surface area contributed by atoms with Gasteiger partial charge in [-0.3, -0.25) is 4.79 Å². The molecule has 0 saturated carbocycles. The van der Waals surface area contributed by atoms with Gasteiger partial charge in [0.2, 0.25) is 0 Å². The Balaban J connectivity index is 2.22. The molecule has 5 heteroatoms. The molecule has 1 aromatic heterocycles. The summed E-state index contributed by atoms with van der Waals surface area (Å²) in [6.45, 7) is 0. The number of hydrogen-bond donors (Lipinski definition) is 1. The van der Waals surface area contributed by atoms with Crippen molar-refractivity contribution in [1.82, 2.24) is 4.98 Å². The third kappa shape index (κ3) is 2.50. The fraction of sp³-hybridized carbons (Fsp3) is 0.167. The number of fused-ring (bicyclic) bond motifs is 1. The molecule has 0 radical (unpaired) electrons. The molecule has 0 saturated heterocycles. The number of rotatable bonds is 5. The van der Waals surface area contributed by atoms with Gasteiger partial charge in [0.1, 0.15) is 5.75 Å². The lowest BCUT2D eigenvalue weighted by Gasteiger charge is -2.07. The van der Waals surface area contributed by atoms with E-state index in [1.807, 2.05) is 30.3 Å². The second kappa shape index (κ2) is 6.04. The number of benzene rings is 2. The van der Waals surface area contributed by atoms with Crippen molar-refractivity contribution in [3.63, 3.8) is 0 Å². The zero-order valence-electron chi connectivity index (χ0n) is 13.2. The Hall–Kier alpha value is -2.95. The zero-order chi connectivity index (χ0) is 16.4. The molecule has 5 nitrogen and oxygen atoms in total. The second-order valence-electron chi connectivity index (χ2n) is 5.01. The number of methoxy groups -OCH3 is 3. The molecule has 0 aliphatic heterocycles. The van der Waals surface area contributed by atoms with Crippen LogP contribution in [-0.4, -0.2) is 32.6 Å². The van der Waals surface area contributed by atoms with Gasteiger partial charge in [-0.05, 0) is 35.9 Å². The van der Waals surface area contributed by atoms with Crippen LogP contribution < -0.4 is 14.2 Å². The Morgan fingerprint density at radius 1 is 0.913 bits per heavy atom. The first-order valence-electron chi connectivity index (χ1n) is 7.09. The first-order valence-corrected chi connectivity index (χ1v) is 7.09. The smallest absolute Gasteiger partial charge is 0.162 e. The lowest BCUT2D eigenvalue weighted by atomic mass is 10.1. The lowest BCUT2D eigenvalue weighted by Crippen LogP contribution is -1.90. The minimum absolute atomic E-state index is 0.586. The molecule has 0 unspecified atom stereocenters. The second-order valence-corrected chi connectivity index (χ2v) is 5.01. The Labute approximate surface area is 133 Å². The predicted octanol–water partition coefficient (Wildman–Crippen LogP) is 3.67. The van der Waals surface area contributed by atoms with E-state index in [9.17, 15) is 4.79 Å². The van der Waals surface area contributed by atoms with Crippen LogP contribution in [-0.2, 0) is 0 Å². The topological polar surface area (TPSA) is 60.6 Å².